The van der Waals surface area contributed by atoms with E-state index in [1.54, 1.807) is 17.1 Å². The Morgan fingerprint density at radius 1 is 1.67 bits per heavy atom. The lowest BCUT2D eigenvalue weighted by atomic mass is 10.1. The highest BCUT2D eigenvalue weighted by atomic mass is 16.4. The van der Waals surface area contributed by atoms with Gasteiger partial charge >= 0.3 is 5.97 Å². The number of hydrogen-bond acceptors (Lipinski definition) is 3. The second-order valence-electron chi connectivity index (χ2n) is 3.72. The number of carbonyl (C=O) groups is 1. The fourth-order valence-electron chi connectivity index (χ4n) is 1.34. The van der Waals surface area contributed by atoms with E-state index in [1.165, 1.54) is 0 Å². The van der Waals surface area contributed by atoms with Gasteiger partial charge < -0.3 is 5.11 Å². The van der Waals surface area contributed by atoms with Gasteiger partial charge in [-0.1, -0.05) is 0 Å². The highest BCUT2D eigenvalue weighted by molar-refractivity contribution is 5.75. The average molecular weight is 211 g/mol. The summed E-state index contributed by atoms with van der Waals surface area (Å²) in [5, 5.41) is 16.1. The van der Waals surface area contributed by atoms with Crippen LogP contribution in [0.5, 0.6) is 0 Å². The number of nitrogens with one attached hydrogen (secondary N) is 1. The Labute approximate surface area is 89.1 Å². The molecule has 0 fully saturated rings. The van der Waals surface area contributed by atoms with Crippen LogP contribution in [0.3, 0.4) is 0 Å². The van der Waals surface area contributed by atoms with E-state index in [1.807, 2.05) is 20.8 Å². The summed E-state index contributed by atoms with van der Waals surface area (Å²) >= 11 is 0. The molecule has 0 aromatic carbocycles. The molecule has 1 aromatic heterocycles. The van der Waals surface area contributed by atoms with Crippen LogP contribution in [0, 0.1) is 0 Å². The maximum absolute atomic E-state index is 11.0. The summed E-state index contributed by atoms with van der Waals surface area (Å²) in [6, 6.07) is -0.554. The number of carboxylic acids is 1. The third-order valence-electron chi connectivity index (χ3n) is 2.06. The number of aliphatic carboxylic acids is 1. The van der Waals surface area contributed by atoms with Gasteiger partial charge in [-0.25, -0.2) is 0 Å². The Morgan fingerprint density at radius 3 is 2.73 bits per heavy atom. The molecule has 1 rings (SSSR count). The summed E-state index contributed by atoms with van der Waals surface area (Å²) in [6.45, 7) is 6.54. The first-order valence-electron chi connectivity index (χ1n) is 5.05. The van der Waals surface area contributed by atoms with E-state index in [0.29, 0.717) is 5.56 Å². The van der Waals surface area contributed by atoms with Gasteiger partial charge in [-0.2, -0.15) is 5.10 Å². The van der Waals surface area contributed by atoms with Crippen molar-refractivity contribution in [2.75, 3.05) is 0 Å². The molecule has 0 saturated carbocycles. The largest absolute Gasteiger partial charge is 0.480 e. The Bertz CT molecular complexity index is 333. The second kappa shape index (κ2) is 4.93. The SMILES string of the molecule is CCn1cc(C(NC(C)C)C(=O)O)cn1. The first-order chi connectivity index (χ1) is 7.04. The fraction of sp³-hybridized carbons (Fsp3) is 0.600. The zero-order valence-corrected chi connectivity index (χ0v) is 9.27. The maximum atomic E-state index is 11.0. The van der Waals surface area contributed by atoms with Crippen molar-refractivity contribution < 1.29 is 9.90 Å². The van der Waals surface area contributed by atoms with Crippen molar-refractivity contribution in [3.8, 4) is 0 Å². The third-order valence-corrected chi connectivity index (χ3v) is 2.06. The van der Waals surface area contributed by atoms with Crippen LogP contribution >= 0.6 is 0 Å². The quantitative estimate of drug-likeness (QED) is 0.763. The molecule has 5 heteroatoms. The Hall–Kier alpha value is -1.36. The summed E-state index contributed by atoms with van der Waals surface area (Å²) in [5.74, 6) is -0.876. The Balaban J connectivity index is 2.83. The Morgan fingerprint density at radius 2 is 2.33 bits per heavy atom. The smallest absolute Gasteiger partial charge is 0.325 e. The minimum Gasteiger partial charge on any atom is -0.480 e. The highest BCUT2D eigenvalue weighted by Crippen LogP contribution is 2.13. The third kappa shape index (κ3) is 3.06. The zero-order chi connectivity index (χ0) is 11.4. The van der Waals surface area contributed by atoms with Crippen molar-refractivity contribution in [2.24, 2.45) is 0 Å². The van der Waals surface area contributed by atoms with Crippen LogP contribution in [-0.2, 0) is 11.3 Å². The fourth-order valence-corrected chi connectivity index (χ4v) is 1.34. The number of carboxylic acid groups (broad SMARTS) is 1. The lowest BCUT2D eigenvalue weighted by molar-refractivity contribution is -0.139. The average Bonchev–Trinajstić information content (AvgIpc) is 2.61. The summed E-state index contributed by atoms with van der Waals surface area (Å²) in [5.41, 5.74) is 0.693. The van der Waals surface area contributed by atoms with Gasteiger partial charge in [0.25, 0.3) is 0 Å². The van der Waals surface area contributed by atoms with Crippen LogP contribution in [-0.4, -0.2) is 26.9 Å². The molecule has 1 unspecified atom stereocenters. The van der Waals surface area contributed by atoms with E-state index < -0.39 is 12.0 Å². The number of nitrogens with zero attached hydrogens (tertiary/aromatic N) is 2. The van der Waals surface area contributed by atoms with Gasteiger partial charge in [-0.3, -0.25) is 14.8 Å². The lowest BCUT2D eigenvalue weighted by Crippen LogP contribution is -2.33. The van der Waals surface area contributed by atoms with Crippen molar-refractivity contribution in [2.45, 2.75) is 39.4 Å². The summed E-state index contributed by atoms with van der Waals surface area (Å²) in [4.78, 5) is 11.0. The molecule has 1 atom stereocenters. The van der Waals surface area contributed by atoms with Gasteiger partial charge in [0, 0.05) is 24.3 Å². The van der Waals surface area contributed by atoms with Crippen LogP contribution in [0.1, 0.15) is 32.4 Å². The number of aromatic nitrogens is 2. The summed E-state index contributed by atoms with van der Waals surface area (Å²) < 4.78 is 1.72. The molecule has 0 amide bonds. The molecule has 84 valence electrons. The molecule has 0 saturated heterocycles. The Kier molecular flexibility index (Phi) is 3.85. The predicted octanol–water partition coefficient (Wildman–Crippen LogP) is 1.03. The van der Waals surface area contributed by atoms with E-state index in [-0.39, 0.29) is 6.04 Å². The minimum atomic E-state index is -0.876. The summed E-state index contributed by atoms with van der Waals surface area (Å²) in [7, 11) is 0. The first-order valence-corrected chi connectivity index (χ1v) is 5.05. The number of rotatable bonds is 5. The van der Waals surface area contributed by atoms with E-state index in [9.17, 15) is 4.79 Å². The normalized spacial score (nSPS) is 13.1. The molecular formula is C10H17N3O2. The van der Waals surface area contributed by atoms with Gasteiger partial charge in [-0.15, -0.1) is 0 Å². The van der Waals surface area contributed by atoms with Gasteiger partial charge in [0.15, 0.2) is 0 Å². The molecule has 0 spiro atoms. The van der Waals surface area contributed by atoms with Crippen molar-refractivity contribution in [3.05, 3.63) is 18.0 Å². The first kappa shape index (κ1) is 11.7. The van der Waals surface area contributed by atoms with Crippen molar-refractivity contribution >= 4 is 5.97 Å². The molecule has 0 radical (unpaired) electrons. The van der Waals surface area contributed by atoms with E-state index >= 15 is 0 Å². The molecule has 2 N–H and O–H groups in total. The molecule has 15 heavy (non-hydrogen) atoms. The molecular weight excluding hydrogens is 194 g/mol. The van der Waals surface area contributed by atoms with Gasteiger partial charge in [-0.05, 0) is 20.8 Å². The zero-order valence-electron chi connectivity index (χ0n) is 9.27. The van der Waals surface area contributed by atoms with Crippen LogP contribution in [0.2, 0.25) is 0 Å². The molecule has 0 bridgehead atoms. The van der Waals surface area contributed by atoms with Crippen LogP contribution < -0.4 is 5.32 Å². The van der Waals surface area contributed by atoms with Crippen LogP contribution in [0.15, 0.2) is 12.4 Å². The molecule has 1 aromatic rings. The van der Waals surface area contributed by atoms with Crippen molar-refractivity contribution in [1.29, 1.82) is 0 Å². The van der Waals surface area contributed by atoms with Gasteiger partial charge in [0.05, 0.1) is 6.20 Å². The minimum absolute atomic E-state index is 0.121. The van der Waals surface area contributed by atoms with E-state index in [0.717, 1.165) is 6.54 Å². The lowest BCUT2D eigenvalue weighted by Gasteiger charge is -2.15. The molecule has 0 aliphatic heterocycles. The van der Waals surface area contributed by atoms with Crippen molar-refractivity contribution in [3.63, 3.8) is 0 Å². The monoisotopic (exact) mass is 211 g/mol. The van der Waals surface area contributed by atoms with Crippen molar-refractivity contribution in [1.82, 2.24) is 15.1 Å². The van der Waals surface area contributed by atoms with Gasteiger partial charge in [0.2, 0.25) is 0 Å². The van der Waals surface area contributed by atoms with E-state index in [4.69, 9.17) is 5.11 Å². The molecule has 0 aliphatic carbocycles. The highest BCUT2D eigenvalue weighted by Gasteiger charge is 2.21. The standard InChI is InChI=1S/C10H17N3O2/c1-4-13-6-8(5-11-13)9(10(14)15)12-7(2)3/h5-7,9,12H,4H2,1-3H3,(H,14,15). The maximum Gasteiger partial charge on any atom is 0.325 e. The topological polar surface area (TPSA) is 67.2 Å². The molecule has 0 aliphatic rings. The number of hydrogen-bond donors (Lipinski definition) is 2. The molecule has 1 heterocycles. The number of aryl methyl sites for hydroxylation is 1. The van der Waals surface area contributed by atoms with E-state index in [2.05, 4.69) is 10.4 Å². The predicted molar refractivity (Wildman–Crippen MR) is 56.5 cm³/mol. The van der Waals surface area contributed by atoms with Gasteiger partial charge in [0.1, 0.15) is 6.04 Å². The summed E-state index contributed by atoms with van der Waals surface area (Å²) in [6.07, 6.45) is 3.35. The van der Waals surface area contributed by atoms with Crippen LogP contribution in [0.25, 0.3) is 0 Å². The van der Waals surface area contributed by atoms with Crippen LogP contribution in [0.4, 0.5) is 0 Å². The molecule has 5 nitrogen and oxygen atoms in total. The second-order valence-corrected chi connectivity index (χ2v) is 3.72.